The number of aromatic nitrogens is 1. The van der Waals surface area contributed by atoms with Crippen LogP contribution in [0.15, 0.2) is 33.8 Å². The summed E-state index contributed by atoms with van der Waals surface area (Å²) in [6.07, 6.45) is 2.57. The van der Waals surface area contributed by atoms with Gasteiger partial charge in [-0.3, -0.25) is 0 Å². The standard InChI is InChI=1S/C22H32N4O2.HI/c1-5-23-22(25-13-19-11-20(15(2)3)26-28-19)24-12-18-9-6-16(4)10-21(18)27-14-17-7-8-17;/h6,9-11,15,17H,5,7-8,12-14H2,1-4H3,(H2,23,24,25);1H. The van der Waals surface area contributed by atoms with Crippen LogP contribution in [0.4, 0.5) is 0 Å². The molecule has 0 spiro atoms. The lowest BCUT2D eigenvalue weighted by Crippen LogP contribution is -2.36. The van der Waals surface area contributed by atoms with E-state index in [2.05, 4.69) is 61.7 Å². The maximum absolute atomic E-state index is 6.06. The van der Waals surface area contributed by atoms with Gasteiger partial charge >= 0.3 is 0 Å². The number of nitrogens with one attached hydrogen (secondary N) is 2. The third kappa shape index (κ3) is 7.53. The predicted octanol–water partition coefficient (Wildman–Crippen LogP) is 4.77. The fraction of sp³-hybridized carbons (Fsp3) is 0.545. The van der Waals surface area contributed by atoms with Crippen LogP contribution in [0.2, 0.25) is 0 Å². The number of ether oxygens (including phenoxy) is 1. The summed E-state index contributed by atoms with van der Waals surface area (Å²) in [5.41, 5.74) is 3.27. The van der Waals surface area contributed by atoms with Gasteiger partial charge in [-0.25, -0.2) is 4.99 Å². The molecular weight excluding hydrogens is 479 g/mol. The molecule has 160 valence electrons. The first-order valence-corrected chi connectivity index (χ1v) is 10.2. The number of aryl methyl sites for hydroxylation is 1. The Bertz CT molecular complexity index is 800. The van der Waals surface area contributed by atoms with Crippen LogP contribution >= 0.6 is 24.0 Å². The fourth-order valence-corrected chi connectivity index (χ4v) is 2.78. The quantitative estimate of drug-likeness (QED) is 0.288. The molecule has 3 rings (SSSR count). The second kappa shape index (κ2) is 11.4. The number of halogens is 1. The highest BCUT2D eigenvalue weighted by Gasteiger charge is 2.22. The van der Waals surface area contributed by atoms with Crippen LogP contribution < -0.4 is 15.4 Å². The van der Waals surface area contributed by atoms with Crippen LogP contribution in [0.3, 0.4) is 0 Å². The van der Waals surface area contributed by atoms with Gasteiger partial charge in [-0.1, -0.05) is 31.1 Å². The van der Waals surface area contributed by atoms with Crippen LogP contribution in [0.1, 0.15) is 62.1 Å². The summed E-state index contributed by atoms with van der Waals surface area (Å²) in [5.74, 6) is 3.59. The Morgan fingerprint density at radius 1 is 1.28 bits per heavy atom. The average molecular weight is 512 g/mol. The maximum Gasteiger partial charge on any atom is 0.191 e. The van der Waals surface area contributed by atoms with E-state index in [1.807, 2.05) is 6.07 Å². The van der Waals surface area contributed by atoms with E-state index < -0.39 is 0 Å². The molecule has 1 fully saturated rings. The first-order chi connectivity index (χ1) is 13.5. The van der Waals surface area contributed by atoms with Gasteiger partial charge in [-0.05, 0) is 50.2 Å². The molecule has 1 aromatic carbocycles. The Kier molecular flexibility index (Phi) is 9.26. The minimum Gasteiger partial charge on any atom is -0.493 e. The number of aliphatic imine (C=N–C) groups is 1. The van der Waals surface area contributed by atoms with Gasteiger partial charge < -0.3 is 19.9 Å². The van der Waals surface area contributed by atoms with Crippen LogP contribution in [0, 0.1) is 12.8 Å². The first kappa shape index (κ1) is 23.5. The smallest absolute Gasteiger partial charge is 0.191 e. The molecule has 1 heterocycles. The molecule has 1 saturated carbocycles. The van der Waals surface area contributed by atoms with Crippen molar-refractivity contribution in [3.8, 4) is 5.75 Å². The molecule has 29 heavy (non-hydrogen) atoms. The molecule has 7 heteroatoms. The molecule has 1 aliphatic rings. The number of benzene rings is 1. The van der Waals surface area contributed by atoms with E-state index in [1.165, 1.54) is 18.4 Å². The summed E-state index contributed by atoms with van der Waals surface area (Å²) >= 11 is 0. The maximum atomic E-state index is 6.06. The van der Waals surface area contributed by atoms with Crippen LogP contribution in [0.25, 0.3) is 0 Å². The molecule has 1 aromatic heterocycles. The normalized spacial score (nSPS) is 13.9. The summed E-state index contributed by atoms with van der Waals surface area (Å²) < 4.78 is 11.4. The Balaban J connectivity index is 0.00000300. The van der Waals surface area contributed by atoms with Gasteiger partial charge in [0.05, 0.1) is 25.4 Å². The number of hydrogen-bond acceptors (Lipinski definition) is 4. The van der Waals surface area contributed by atoms with Crippen molar-refractivity contribution in [3.05, 3.63) is 46.8 Å². The molecule has 0 aliphatic heterocycles. The Hall–Kier alpha value is -1.77. The fourth-order valence-electron chi connectivity index (χ4n) is 2.78. The van der Waals surface area contributed by atoms with E-state index in [9.17, 15) is 0 Å². The molecule has 1 aliphatic carbocycles. The molecule has 2 aromatic rings. The average Bonchev–Trinajstić information content (AvgIpc) is 3.38. The third-order valence-corrected chi connectivity index (χ3v) is 4.74. The third-order valence-electron chi connectivity index (χ3n) is 4.74. The summed E-state index contributed by atoms with van der Waals surface area (Å²) in [7, 11) is 0. The molecule has 0 bridgehead atoms. The minimum atomic E-state index is 0. The van der Waals surface area contributed by atoms with Crippen molar-refractivity contribution in [3.63, 3.8) is 0 Å². The second-order valence-corrected chi connectivity index (χ2v) is 7.79. The van der Waals surface area contributed by atoms with Crippen molar-refractivity contribution >= 4 is 29.9 Å². The van der Waals surface area contributed by atoms with Crippen LogP contribution in [0.5, 0.6) is 5.75 Å². The lowest BCUT2D eigenvalue weighted by molar-refractivity contribution is 0.296. The molecule has 0 unspecified atom stereocenters. The topological polar surface area (TPSA) is 71.7 Å². The lowest BCUT2D eigenvalue weighted by Gasteiger charge is -2.13. The van der Waals surface area contributed by atoms with Crippen molar-refractivity contribution in [2.75, 3.05) is 13.2 Å². The van der Waals surface area contributed by atoms with Crippen LogP contribution in [-0.4, -0.2) is 24.3 Å². The zero-order valence-corrected chi connectivity index (χ0v) is 20.2. The van der Waals surface area contributed by atoms with E-state index >= 15 is 0 Å². The van der Waals surface area contributed by atoms with E-state index in [1.54, 1.807) is 0 Å². The van der Waals surface area contributed by atoms with Gasteiger partial charge in [0.1, 0.15) is 5.75 Å². The van der Waals surface area contributed by atoms with E-state index in [4.69, 9.17) is 14.3 Å². The van der Waals surface area contributed by atoms with Gasteiger partial charge in [0, 0.05) is 18.2 Å². The second-order valence-electron chi connectivity index (χ2n) is 7.79. The Morgan fingerprint density at radius 3 is 2.72 bits per heavy atom. The van der Waals surface area contributed by atoms with Crippen LogP contribution in [-0.2, 0) is 13.1 Å². The largest absolute Gasteiger partial charge is 0.493 e. The summed E-state index contributed by atoms with van der Waals surface area (Å²) in [6.45, 7) is 11.1. The van der Waals surface area contributed by atoms with E-state index in [0.29, 0.717) is 19.0 Å². The highest BCUT2D eigenvalue weighted by Crippen LogP contribution is 2.31. The highest BCUT2D eigenvalue weighted by molar-refractivity contribution is 14.0. The van der Waals surface area contributed by atoms with Crippen molar-refractivity contribution in [2.24, 2.45) is 10.9 Å². The van der Waals surface area contributed by atoms with Gasteiger partial charge in [-0.15, -0.1) is 24.0 Å². The molecular formula is C22H33IN4O2. The zero-order valence-electron chi connectivity index (χ0n) is 17.8. The van der Waals surface area contributed by atoms with Gasteiger partial charge in [0.2, 0.25) is 0 Å². The summed E-state index contributed by atoms with van der Waals surface area (Å²) in [4.78, 5) is 4.73. The van der Waals surface area contributed by atoms with E-state index in [0.717, 1.165) is 47.8 Å². The minimum absolute atomic E-state index is 0. The lowest BCUT2D eigenvalue weighted by atomic mass is 10.1. The molecule has 0 saturated heterocycles. The van der Waals surface area contributed by atoms with Crippen molar-refractivity contribution in [2.45, 2.75) is 59.5 Å². The molecule has 2 N–H and O–H groups in total. The monoisotopic (exact) mass is 512 g/mol. The highest BCUT2D eigenvalue weighted by atomic mass is 127. The van der Waals surface area contributed by atoms with E-state index in [-0.39, 0.29) is 24.0 Å². The SMILES string of the molecule is CCNC(=NCc1ccc(C)cc1OCC1CC1)NCc1cc(C(C)C)no1.I. The first-order valence-electron chi connectivity index (χ1n) is 10.2. The number of nitrogens with zero attached hydrogens (tertiary/aromatic N) is 2. The molecule has 0 radical (unpaired) electrons. The predicted molar refractivity (Wildman–Crippen MR) is 127 cm³/mol. The van der Waals surface area contributed by atoms with Gasteiger partial charge in [0.25, 0.3) is 0 Å². The van der Waals surface area contributed by atoms with Crippen molar-refractivity contribution in [1.29, 1.82) is 0 Å². The Labute approximate surface area is 190 Å². The number of hydrogen-bond donors (Lipinski definition) is 2. The summed E-state index contributed by atoms with van der Waals surface area (Å²) in [5, 5.41) is 10.7. The molecule has 0 amide bonds. The molecule has 0 atom stereocenters. The van der Waals surface area contributed by atoms with Gasteiger partial charge in [0.15, 0.2) is 11.7 Å². The number of guanidine groups is 1. The van der Waals surface area contributed by atoms with Gasteiger partial charge in [-0.2, -0.15) is 0 Å². The Morgan fingerprint density at radius 2 is 2.07 bits per heavy atom. The van der Waals surface area contributed by atoms with Crippen molar-refractivity contribution in [1.82, 2.24) is 15.8 Å². The summed E-state index contributed by atoms with van der Waals surface area (Å²) in [6, 6.07) is 8.31. The van der Waals surface area contributed by atoms with Crippen molar-refractivity contribution < 1.29 is 9.26 Å². The number of rotatable bonds is 9. The zero-order chi connectivity index (χ0) is 19.9. The molecule has 6 nitrogen and oxygen atoms in total.